The zero-order valence-corrected chi connectivity index (χ0v) is 7.47. The van der Waals surface area contributed by atoms with Crippen LogP contribution in [0, 0.1) is 5.92 Å². The highest BCUT2D eigenvalue weighted by atomic mass is 16.5. The highest BCUT2D eigenvalue weighted by Gasteiger charge is 2.35. The van der Waals surface area contributed by atoms with Crippen molar-refractivity contribution >= 4 is 0 Å². The minimum absolute atomic E-state index is 0.399. The molecule has 0 bridgehead atoms. The predicted octanol–water partition coefficient (Wildman–Crippen LogP) is 1.57. The third kappa shape index (κ3) is 1.94. The van der Waals surface area contributed by atoms with Crippen molar-refractivity contribution in [2.45, 2.75) is 38.2 Å². The van der Waals surface area contributed by atoms with Crippen molar-refractivity contribution in [1.29, 1.82) is 0 Å². The van der Waals surface area contributed by atoms with Crippen LogP contribution in [0.4, 0.5) is 0 Å². The van der Waals surface area contributed by atoms with Crippen LogP contribution in [0.1, 0.15) is 32.6 Å². The van der Waals surface area contributed by atoms with E-state index in [0.717, 1.165) is 19.3 Å². The first kappa shape index (κ1) is 9.01. The van der Waals surface area contributed by atoms with Crippen molar-refractivity contribution in [2.75, 3.05) is 13.7 Å². The minimum Gasteiger partial charge on any atom is -0.387 e. The number of rotatable bonds is 2. The summed E-state index contributed by atoms with van der Waals surface area (Å²) in [7, 11) is 1.65. The van der Waals surface area contributed by atoms with Gasteiger partial charge in [0.05, 0.1) is 12.2 Å². The van der Waals surface area contributed by atoms with Gasteiger partial charge < -0.3 is 9.84 Å². The lowest BCUT2D eigenvalue weighted by Crippen LogP contribution is -2.43. The molecule has 0 saturated heterocycles. The van der Waals surface area contributed by atoms with Crippen LogP contribution in [0.25, 0.3) is 0 Å². The standard InChI is InChI=1S/C9H18O2/c1-8-5-3-4-6-9(8,10)7-11-2/h8,10H,3-7H2,1-2H3. The summed E-state index contributed by atoms with van der Waals surface area (Å²) in [4.78, 5) is 0. The summed E-state index contributed by atoms with van der Waals surface area (Å²) in [6.45, 7) is 2.60. The third-order valence-corrected chi connectivity index (χ3v) is 2.81. The third-order valence-electron chi connectivity index (χ3n) is 2.81. The van der Waals surface area contributed by atoms with Gasteiger partial charge >= 0.3 is 0 Å². The van der Waals surface area contributed by atoms with Crippen molar-refractivity contribution in [3.63, 3.8) is 0 Å². The molecule has 0 aliphatic heterocycles. The zero-order chi connectivity index (χ0) is 8.32. The molecule has 0 spiro atoms. The van der Waals surface area contributed by atoms with Crippen LogP contribution in [0.15, 0.2) is 0 Å². The van der Waals surface area contributed by atoms with E-state index in [2.05, 4.69) is 6.92 Å². The molecule has 2 nitrogen and oxygen atoms in total. The van der Waals surface area contributed by atoms with E-state index in [-0.39, 0.29) is 0 Å². The normalized spacial score (nSPS) is 39.0. The summed E-state index contributed by atoms with van der Waals surface area (Å²) in [5.74, 6) is 0.399. The molecule has 0 heterocycles. The molecule has 0 radical (unpaired) electrons. The van der Waals surface area contributed by atoms with Gasteiger partial charge in [-0.15, -0.1) is 0 Å². The summed E-state index contributed by atoms with van der Waals surface area (Å²) in [6.07, 6.45) is 4.44. The molecular weight excluding hydrogens is 140 g/mol. The van der Waals surface area contributed by atoms with Crippen molar-refractivity contribution in [3.05, 3.63) is 0 Å². The van der Waals surface area contributed by atoms with E-state index in [0.29, 0.717) is 12.5 Å². The molecular formula is C9H18O2. The van der Waals surface area contributed by atoms with Crippen LogP contribution in [0.2, 0.25) is 0 Å². The number of hydrogen-bond donors (Lipinski definition) is 1. The number of ether oxygens (including phenoxy) is 1. The Bertz CT molecular complexity index is 121. The van der Waals surface area contributed by atoms with Crippen LogP contribution in [-0.4, -0.2) is 24.4 Å². The molecule has 2 heteroatoms. The average molecular weight is 158 g/mol. The minimum atomic E-state index is -0.535. The SMILES string of the molecule is COCC1(O)CCCCC1C. The van der Waals surface area contributed by atoms with Crippen LogP contribution in [-0.2, 0) is 4.74 Å². The summed E-state index contributed by atoms with van der Waals surface area (Å²) < 4.78 is 5.00. The largest absolute Gasteiger partial charge is 0.387 e. The van der Waals surface area contributed by atoms with Gasteiger partial charge in [-0.2, -0.15) is 0 Å². The molecule has 66 valence electrons. The molecule has 0 aromatic rings. The molecule has 1 saturated carbocycles. The van der Waals surface area contributed by atoms with Crippen molar-refractivity contribution in [1.82, 2.24) is 0 Å². The van der Waals surface area contributed by atoms with Gasteiger partial charge in [-0.1, -0.05) is 19.8 Å². The highest BCUT2D eigenvalue weighted by molar-refractivity contribution is 4.87. The van der Waals surface area contributed by atoms with Gasteiger partial charge in [-0.25, -0.2) is 0 Å². The Hall–Kier alpha value is -0.0800. The Labute approximate surface area is 68.6 Å². The molecule has 0 aromatic carbocycles. The Morgan fingerprint density at radius 3 is 2.82 bits per heavy atom. The summed E-state index contributed by atoms with van der Waals surface area (Å²) in [5, 5.41) is 10.0. The van der Waals surface area contributed by atoms with E-state index >= 15 is 0 Å². The first-order chi connectivity index (χ1) is 5.19. The van der Waals surface area contributed by atoms with Gasteiger partial charge in [-0.3, -0.25) is 0 Å². The van der Waals surface area contributed by atoms with Gasteiger partial charge in [0.2, 0.25) is 0 Å². The molecule has 1 aliphatic rings. The molecule has 1 aliphatic carbocycles. The van der Waals surface area contributed by atoms with E-state index < -0.39 is 5.60 Å². The van der Waals surface area contributed by atoms with Gasteiger partial charge in [0, 0.05) is 7.11 Å². The average Bonchev–Trinajstić information content (AvgIpc) is 1.96. The monoisotopic (exact) mass is 158 g/mol. The lowest BCUT2D eigenvalue weighted by molar-refractivity contribution is -0.0900. The Kier molecular flexibility index (Phi) is 2.90. The molecule has 0 aromatic heterocycles. The van der Waals surface area contributed by atoms with Crippen LogP contribution in [0.5, 0.6) is 0 Å². The maximum absolute atomic E-state index is 10.0. The fraction of sp³-hybridized carbons (Fsp3) is 1.00. The summed E-state index contributed by atoms with van der Waals surface area (Å²) in [6, 6.07) is 0. The van der Waals surface area contributed by atoms with Crippen molar-refractivity contribution in [3.8, 4) is 0 Å². The van der Waals surface area contributed by atoms with E-state index in [9.17, 15) is 5.11 Å². The van der Waals surface area contributed by atoms with E-state index in [1.54, 1.807) is 7.11 Å². The van der Waals surface area contributed by atoms with Gasteiger partial charge in [-0.05, 0) is 18.8 Å². The van der Waals surface area contributed by atoms with E-state index in [1.165, 1.54) is 6.42 Å². The molecule has 2 atom stereocenters. The Morgan fingerprint density at radius 2 is 2.27 bits per heavy atom. The van der Waals surface area contributed by atoms with Crippen molar-refractivity contribution in [2.24, 2.45) is 5.92 Å². The second kappa shape index (κ2) is 3.55. The maximum atomic E-state index is 10.0. The highest BCUT2D eigenvalue weighted by Crippen LogP contribution is 2.33. The van der Waals surface area contributed by atoms with Crippen molar-refractivity contribution < 1.29 is 9.84 Å². The lowest BCUT2D eigenvalue weighted by atomic mass is 9.77. The Morgan fingerprint density at radius 1 is 1.55 bits per heavy atom. The fourth-order valence-electron chi connectivity index (χ4n) is 1.86. The molecule has 2 unspecified atom stereocenters. The molecule has 0 amide bonds. The van der Waals surface area contributed by atoms with Gasteiger partial charge in [0.15, 0.2) is 0 Å². The zero-order valence-electron chi connectivity index (χ0n) is 7.47. The van der Waals surface area contributed by atoms with Gasteiger partial charge in [0.1, 0.15) is 0 Å². The smallest absolute Gasteiger partial charge is 0.0905 e. The fourth-order valence-corrected chi connectivity index (χ4v) is 1.86. The lowest BCUT2D eigenvalue weighted by Gasteiger charge is -2.37. The van der Waals surface area contributed by atoms with Crippen LogP contribution >= 0.6 is 0 Å². The number of methoxy groups -OCH3 is 1. The first-order valence-corrected chi connectivity index (χ1v) is 4.40. The molecule has 11 heavy (non-hydrogen) atoms. The van der Waals surface area contributed by atoms with E-state index in [4.69, 9.17) is 4.74 Å². The van der Waals surface area contributed by atoms with Gasteiger partial charge in [0.25, 0.3) is 0 Å². The quantitative estimate of drug-likeness (QED) is 0.661. The summed E-state index contributed by atoms with van der Waals surface area (Å²) in [5.41, 5.74) is -0.535. The number of aliphatic hydroxyl groups is 1. The van der Waals surface area contributed by atoms with E-state index in [1.807, 2.05) is 0 Å². The van der Waals surface area contributed by atoms with Crippen LogP contribution in [0.3, 0.4) is 0 Å². The number of hydrogen-bond acceptors (Lipinski definition) is 2. The Balaban J connectivity index is 2.49. The van der Waals surface area contributed by atoms with Crippen LogP contribution < -0.4 is 0 Å². The predicted molar refractivity (Wildman–Crippen MR) is 44.5 cm³/mol. The first-order valence-electron chi connectivity index (χ1n) is 4.40. The maximum Gasteiger partial charge on any atom is 0.0905 e. The molecule has 1 rings (SSSR count). The second-order valence-electron chi connectivity index (χ2n) is 3.68. The second-order valence-corrected chi connectivity index (χ2v) is 3.68. The summed E-state index contributed by atoms with van der Waals surface area (Å²) >= 11 is 0. The topological polar surface area (TPSA) is 29.5 Å². The molecule has 1 N–H and O–H groups in total. The molecule has 1 fully saturated rings.